The third-order valence-electron chi connectivity index (χ3n) is 7.28. The van der Waals surface area contributed by atoms with Gasteiger partial charge in [-0.15, -0.1) is 0 Å². The summed E-state index contributed by atoms with van der Waals surface area (Å²) in [5.74, 6) is 0.841. The fraction of sp³-hybridized carbons (Fsp3) is 0.138. The second-order valence-electron chi connectivity index (χ2n) is 9.70. The van der Waals surface area contributed by atoms with E-state index in [-0.39, 0.29) is 5.69 Å². The summed E-state index contributed by atoms with van der Waals surface area (Å²) in [5.41, 5.74) is 9.94. The largest absolute Gasteiger partial charge is 0.360 e. The Labute approximate surface area is 212 Å². The van der Waals surface area contributed by atoms with Crippen LogP contribution in [0.15, 0.2) is 78.0 Å². The zero-order valence-corrected chi connectivity index (χ0v) is 21.0. The molecule has 0 saturated carbocycles. The average Bonchev–Trinajstić information content (AvgIpc) is 3.65. The van der Waals surface area contributed by atoms with Gasteiger partial charge in [-0.05, 0) is 54.4 Å². The van der Waals surface area contributed by atoms with E-state index in [0.717, 1.165) is 61.2 Å². The monoisotopic (exact) mass is 487 g/mol. The molecule has 182 valence electrons. The molecule has 0 unspecified atom stereocenters. The van der Waals surface area contributed by atoms with Gasteiger partial charge in [-0.25, -0.2) is 9.78 Å². The van der Waals surface area contributed by atoms with Crippen LogP contribution in [0.1, 0.15) is 5.56 Å². The van der Waals surface area contributed by atoms with Crippen molar-refractivity contribution in [2.75, 3.05) is 0 Å². The van der Waals surface area contributed by atoms with Crippen molar-refractivity contribution in [2.24, 2.45) is 21.1 Å². The van der Waals surface area contributed by atoms with E-state index in [1.165, 1.54) is 5.56 Å². The van der Waals surface area contributed by atoms with Gasteiger partial charge >= 0.3 is 5.69 Å². The Balaban J connectivity index is 1.55. The number of rotatable bonds is 3. The number of benzene rings is 3. The SMILES string of the molecule is Cc1ccc2c(-c3nc4ccc(-c5cnn(C)c5)cc4n3-c3ccc4c(c3)n(C)c(=O)n4C)c[nH]c2c1. The van der Waals surface area contributed by atoms with Crippen molar-refractivity contribution in [1.82, 2.24) is 33.4 Å². The molecule has 0 saturated heterocycles. The normalized spacial score (nSPS) is 11.9. The second-order valence-corrected chi connectivity index (χ2v) is 9.70. The van der Waals surface area contributed by atoms with Crippen LogP contribution in [0.2, 0.25) is 0 Å². The number of H-pyrrole nitrogens is 1. The van der Waals surface area contributed by atoms with Gasteiger partial charge < -0.3 is 4.98 Å². The van der Waals surface area contributed by atoms with Crippen molar-refractivity contribution in [3.05, 3.63) is 89.2 Å². The molecule has 0 aliphatic rings. The van der Waals surface area contributed by atoms with Crippen LogP contribution < -0.4 is 5.69 Å². The fourth-order valence-electron chi connectivity index (χ4n) is 5.33. The number of hydrogen-bond donors (Lipinski definition) is 1. The first-order chi connectivity index (χ1) is 17.9. The number of imidazole rings is 2. The summed E-state index contributed by atoms with van der Waals surface area (Å²) in [4.78, 5) is 21.2. The maximum atomic E-state index is 12.6. The second kappa shape index (κ2) is 7.57. The van der Waals surface area contributed by atoms with E-state index >= 15 is 0 Å². The zero-order valence-electron chi connectivity index (χ0n) is 21.0. The number of nitrogens with one attached hydrogen (secondary N) is 1. The lowest BCUT2D eigenvalue weighted by molar-refractivity contribution is 0.768. The van der Waals surface area contributed by atoms with Crippen molar-refractivity contribution in [3.63, 3.8) is 0 Å². The van der Waals surface area contributed by atoms with Crippen molar-refractivity contribution in [1.29, 1.82) is 0 Å². The third-order valence-corrected chi connectivity index (χ3v) is 7.28. The van der Waals surface area contributed by atoms with Crippen molar-refractivity contribution in [2.45, 2.75) is 6.92 Å². The molecule has 0 spiro atoms. The van der Waals surface area contributed by atoms with Crippen LogP contribution in [0, 0.1) is 6.92 Å². The summed E-state index contributed by atoms with van der Waals surface area (Å²) in [6.45, 7) is 2.09. The average molecular weight is 488 g/mol. The van der Waals surface area contributed by atoms with Crippen LogP contribution in [-0.4, -0.2) is 33.4 Å². The molecule has 0 amide bonds. The van der Waals surface area contributed by atoms with Gasteiger partial charge in [0, 0.05) is 61.3 Å². The van der Waals surface area contributed by atoms with E-state index in [2.05, 4.69) is 70.1 Å². The molecule has 8 nitrogen and oxygen atoms in total. The van der Waals surface area contributed by atoms with E-state index in [1.807, 2.05) is 38.8 Å². The van der Waals surface area contributed by atoms with Crippen LogP contribution in [-0.2, 0) is 21.1 Å². The maximum absolute atomic E-state index is 12.6. The Morgan fingerprint density at radius 3 is 2.49 bits per heavy atom. The number of hydrogen-bond acceptors (Lipinski definition) is 3. The number of aryl methyl sites for hydroxylation is 4. The first-order valence-corrected chi connectivity index (χ1v) is 12.1. The smallest absolute Gasteiger partial charge is 0.328 e. The highest BCUT2D eigenvalue weighted by atomic mass is 16.1. The van der Waals surface area contributed by atoms with Crippen molar-refractivity contribution in [3.8, 4) is 28.2 Å². The van der Waals surface area contributed by atoms with Gasteiger partial charge in [-0.2, -0.15) is 5.10 Å². The van der Waals surface area contributed by atoms with Gasteiger partial charge in [0.1, 0.15) is 5.82 Å². The van der Waals surface area contributed by atoms with Crippen LogP contribution in [0.5, 0.6) is 0 Å². The summed E-state index contributed by atoms with van der Waals surface area (Å²) >= 11 is 0. The highest BCUT2D eigenvalue weighted by molar-refractivity contribution is 5.97. The lowest BCUT2D eigenvalue weighted by Gasteiger charge is -2.11. The lowest BCUT2D eigenvalue weighted by Crippen LogP contribution is -2.19. The molecule has 4 aromatic heterocycles. The van der Waals surface area contributed by atoms with Gasteiger partial charge in [0.2, 0.25) is 0 Å². The van der Waals surface area contributed by atoms with Gasteiger partial charge in [-0.1, -0.05) is 18.2 Å². The minimum Gasteiger partial charge on any atom is -0.360 e. The molecule has 0 fully saturated rings. The Hall–Kier alpha value is -4.85. The first-order valence-electron chi connectivity index (χ1n) is 12.1. The van der Waals surface area contributed by atoms with E-state index in [4.69, 9.17) is 4.98 Å². The minimum absolute atomic E-state index is 0.0475. The highest BCUT2D eigenvalue weighted by Crippen LogP contribution is 2.35. The maximum Gasteiger partial charge on any atom is 0.328 e. The number of aromatic amines is 1. The quantitative estimate of drug-likeness (QED) is 0.378. The summed E-state index contributed by atoms with van der Waals surface area (Å²) in [5, 5.41) is 5.46. The molecular weight excluding hydrogens is 462 g/mol. The first kappa shape index (κ1) is 21.4. The lowest BCUT2D eigenvalue weighted by atomic mass is 10.1. The van der Waals surface area contributed by atoms with Crippen LogP contribution >= 0.6 is 0 Å². The molecule has 7 rings (SSSR count). The van der Waals surface area contributed by atoms with Gasteiger partial charge in [0.05, 0.1) is 28.3 Å². The molecular formula is C29H25N7O. The fourth-order valence-corrected chi connectivity index (χ4v) is 5.33. The summed E-state index contributed by atoms with van der Waals surface area (Å²) < 4.78 is 7.36. The van der Waals surface area contributed by atoms with Gasteiger partial charge in [-0.3, -0.25) is 18.4 Å². The number of nitrogens with zero attached hydrogens (tertiary/aromatic N) is 6. The van der Waals surface area contributed by atoms with E-state index in [9.17, 15) is 4.79 Å². The van der Waals surface area contributed by atoms with Crippen LogP contribution in [0.4, 0.5) is 0 Å². The summed E-state index contributed by atoms with van der Waals surface area (Å²) in [7, 11) is 5.53. The van der Waals surface area contributed by atoms with Crippen LogP contribution in [0.25, 0.3) is 61.2 Å². The molecule has 8 heteroatoms. The van der Waals surface area contributed by atoms with Crippen molar-refractivity contribution >= 4 is 33.0 Å². The Morgan fingerprint density at radius 2 is 1.68 bits per heavy atom. The molecule has 4 heterocycles. The standard InChI is InChI=1S/C29H25N7O/c1-17-5-8-21-22(15-30-24(21)11-17)28-32-23-9-6-18(19-14-31-33(2)16-19)12-26(23)36(28)20-7-10-25-27(13-20)35(4)29(37)34(25)3/h5-16,30H,1-4H3. The Kier molecular flexibility index (Phi) is 4.39. The number of aromatic nitrogens is 7. The Morgan fingerprint density at radius 1 is 0.838 bits per heavy atom. The van der Waals surface area contributed by atoms with E-state index in [1.54, 1.807) is 20.9 Å². The highest BCUT2D eigenvalue weighted by Gasteiger charge is 2.20. The third kappa shape index (κ3) is 3.12. The van der Waals surface area contributed by atoms with Crippen LogP contribution in [0.3, 0.4) is 0 Å². The number of fused-ring (bicyclic) bond motifs is 3. The summed E-state index contributed by atoms with van der Waals surface area (Å²) in [6.07, 6.45) is 5.91. The molecule has 0 atom stereocenters. The molecule has 1 N–H and O–H groups in total. The van der Waals surface area contributed by atoms with E-state index < -0.39 is 0 Å². The van der Waals surface area contributed by atoms with E-state index in [0.29, 0.717) is 0 Å². The van der Waals surface area contributed by atoms with Gasteiger partial charge in [0.15, 0.2) is 0 Å². The predicted molar refractivity (Wildman–Crippen MR) is 147 cm³/mol. The zero-order chi connectivity index (χ0) is 25.4. The summed E-state index contributed by atoms with van der Waals surface area (Å²) in [6, 6.07) is 18.9. The predicted octanol–water partition coefficient (Wildman–Crippen LogP) is 5.07. The topological polar surface area (TPSA) is 78.4 Å². The Bertz CT molecular complexity index is 2060. The molecule has 0 aliphatic heterocycles. The molecule has 0 radical (unpaired) electrons. The molecule has 3 aromatic carbocycles. The molecule has 37 heavy (non-hydrogen) atoms. The molecule has 7 aromatic rings. The van der Waals surface area contributed by atoms with Gasteiger partial charge in [0.25, 0.3) is 0 Å². The minimum atomic E-state index is -0.0475. The van der Waals surface area contributed by atoms with Crippen molar-refractivity contribution < 1.29 is 0 Å². The molecule has 0 aliphatic carbocycles. The molecule has 0 bridgehead atoms.